The fourth-order valence-corrected chi connectivity index (χ4v) is 3.01. The van der Waals surface area contributed by atoms with Crippen LogP contribution in [-0.4, -0.2) is 30.6 Å². The highest BCUT2D eigenvalue weighted by molar-refractivity contribution is 5.26. The molecule has 0 aliphatic rings. The van der Waals surface area contributed by atoms with Gasteiger partial charge < -0.3 is 5.32 Å². The van der Waals surface area contributed by atoms with Crippen molar-refractivity contribution >= 4 is 0 Å². The lowest BCUT2D eigenvalue weighted by Gasteiger charge is -2.36. The van der Waals surface area contributed by atoms with Gasteiger partial charge in [-0.15, -0.1) is 0 Å². The molecule has 0 aliphatic heterocycles. The zero-order valence-corrected chi connectivity index (χ0v) is 14.8. The van der Waals surface area contributed by atoms with Crippen LogP contribution < -0.4 is 5.32 Å². The number of rotatable bonds is 9. The summed E-state index contributed by atoms with van der Waals surface area (Å²) in [6, 6.07) is 10.6. The minimum atomic E-state index is 0.394. The summed E-state index contributed by atoms with van der Waals surface area (Å²) in [5.41, 5.74) is 2.81. The van der Waals surface area contributed by atoms with Crippen LogP contribution in [0.1, 0.15) is 64.6 Å². The van der Waals surface area contributed by atoms with Gasteiger partial charge in [-0.25, -0.2) is 0 Å². The first-order valence-electron chi connectivity index (χ1n) is 8.59. The van der Waals surface area contributed by atoms with Crippen LogP contribution in [0.4, 0.5) is 0 Å². The Morgan fingerprint density at radius 1 is 1.05 bits per heavy atom. The highest BCUT2D eigenvalue weighted by Crippen LogP contribution is 2.23. The highest BCUT2D eigenvalue weighted by atomic mass is 15.2. The Morgan fingerprint density at radius 3 is 2.14 bits per heavy atom. The number of likely N-dealkylation sites (N-methyl/N-ethyl adjacent to an activating group) is 2. The van der Waals surface area contributed by atoms with Gasteiger partial charge in [0.25, 0.3) is 0 Å². The molecule has 1 N–H and O–H groups in total. The van der Waals surface area contributed by atoms with Crippen molar-refractivity contribution in [3.8, 4) is 0 Å². The van der Waals surface area contributed by atoms with E-state index in [0.29, 0.717) is 18.1 Å². The van der Waals surface area contributed by atoms with E-state index in [1.54, 1.807) is 0 Å². The van der Waals surface area contributed by atoms with Crippen molar-refractivity contribution in [3.05, 3.63) is 35.4 Å². The molecule has 0 saturated carbocycles. The molecule has 120 valence electrons. The van der Waals surface area contributed by atoms with Crippen LogP contribution in [0.5, 0.6) is 0 Å². The smallest absolute Gasteiger partial charge is 0.0475 e. The molecule has 0 aliphatic carbocycles. The first-order valence-corrected chi connectivity index (χ1v) is 8.59. The average Bonchev–Trinajstić information content (AvgIpc) is 2.51. The third-order valence-corrected chi connectivity index (χ3v) is 4.70. The molecule has 0 aromatic heterocycles. The molecular weight excluding hydrogens is 256 g/mol. The number of nitrogens with zero attached hydrogens (tertiary/aromatic N) is 1. The quantitative estimate of drug-likeness (QED) is 0.725. The van der Waals surface area contributed by atoms with E-state index in [1.807, 2.05) is 0 Å². The Morgan fingerprint density at radius 2 is 1.67 bits per heavy atom. The first kappa shape index (κ1) is 18.2. The Kier molecular flexibility index (Phi) is 7.98. The summed E-state index contributed by atoms with van der Waals surface area (Å²) in [6.07, 6.45) is 3.61. The summed E-state index contributed by atoms with van der Waals surface area (Å²) >= 11 is 0. The van der Waals surface area contributed by atoms with Crippen LogP contribution >= 0.6 is 0 Å². The van der Waals surface area contributed by atoms with E-state index in [1.165, 1.54) is 24.0 Å². The SMILES string of the molecule is CCCC(C)N(C)C(C)C(NCC)c1ccc(CC)cc1. The molecule has 21 heavy (non-hydrogen) atoms. The van der Waals surface area contributed by atoms with Crippen molar-refractivity contribution in [2.75, 3.05) is 13.6 Å². The van der Waals surface area contributed by atoms with Crippen molar-refractivity contribution in [1.82, 2.24) is 10.2 Å². The minimum Gasteiger partial charge on any atom is -0.309 e. The van der Waals surface area contributed by atoms with Crippen LogP contribution in [0.15, 0.2) is 24.3 Å². The van der Waals surface area contributed by atoms with E-state index < -0.39 is 0 Å². The normalized spacial score (nSPS) is 16.0. The molecule has 1 aromatic rings. The molecule has 2 heteroatoms. The summed E-state index contributed by atoms with van der Waals surface area (Å²) in [5.74, 6) is 0. The van der Waals surface area contributed by atoms with Crippen LogP contribution in [0.25, 0.3) is 0 Å². The molecule has 3 unspecified atom stereocenters. The fourth-order valence-electron chi connectivity index (χ4n) is 3.01. The van der Waals surface area contributed by atoms with Crippen molar-refractivity contribution < 1.29 is 0 Å². The van der Waals surface area contributed by atoms with Gasteiger partial charge in [0.2, 0.25) is 0 Å². The monoisotopic (exact) mass is 290 g/mol. The van der Waals surface area contributed by atoms with Gasteiger partial charge >= 0.3 is 0 Å². The molecule has 0 fully saturated rings. The van der Waals surface area contributed by atoms with E-state index in [9.17, 15) is 0 Å². The average molecular weight is 290 g/mol. The first-order chi connectivity index (χ1) is 10.0. The Labute approximate surface area is 131 Å². The van der Waals surface area contributed by atoms with Gasteiger partial charge in [0.05, 0.1) is 0 Å². The maximum Gasteiger partial charge on any atom is 0.0475 e. The third kappa shape index (κ3) is 5.12. The minimum absolute atomic E-state index is 0.394. The largest absolute Gasteiger partial charge is 0.309 e. The van der Waals surface area contributed by atoms with Crippen molar-refractivity contribution in [3.63, 3.8) is 0 Å². The van der Waals surface area contributed by atoms with Gasteiger partial charge in [-0.1, -0.05) is 51.5 Å². The fraction of sp³-hybridized carbons (Fsp3) is 0.684. The number of nitrogens with one attached hydrogen (secondary N) is 1. The van der Waals surface area contributed by atoms with Gasteiger partial charge in [0, 0.05) is 18.1 Å². The second-order valence-electron chi connectivity index (χ2n) is 6.17. The summed E-state index contributed by atoms with van der Waals surface area (Å²) in [4.78, 5) is 2.52. The second-order valence-corrected chi connectivity index (χ2v) is 6.17. The number of hydrogen-bond acceptors (Lipinski definition) is 2. The molecule has 1 rings (SSSR count). The van der Waals surface area contributed by atoms with Crippen molar-refractivity contribution in [2.24, 2.45) is 0 Å². The molecule has 0 bridgehead atoms. The standard InChI is InChI=1S/C19H34N2/c1-7-10-15(4)21(6)16(5)19(20-9-3)18-13-11-17(8-2)12-14-18/h11-16,19-20H,7-10H2,1-6H3. The lowest BCUT2D eigenvalue weighted by atomic mass is 9.96. The Bertz CT molecular complexity index is 385. The van der Waals surface area contributed by atoms with Gasteiger partial charge in [0.15, 0.2) is 0 Å². The highest BCUT2D eigenvalue weighted by Gasteiger charge is 2.24. The lowest BCUT2D eigenvalue weighted by Crippen LogP contribution is -2.44. The second kappa shape index (κ2) is 9.22. The number of aryl methyl sites for hydroxylation is 1. The van der Waals surface area contributed by atoms with Crippen LogP contribution in [0.2, 0.25) is 0 Å². The van der Waals surface area contributed by atoms with Gasteiger partial charge in [-0.3, -0.25) is 4.90 Å². The zero-order valence-electron chi connectivity index (χ0n) is 14.8. The van der Waals surface area contributed by atoms with E-state index in [2.05, 4.69) is 76.1 Å². The number of benzene rings is 1. The van der Waals surface area contributed by atoms with Crippen LogP contribution in [0.3, 0.4) is 0 Å². The summed E-state index contributed by atoms with van der Waals surface area (Å²) in [6.45, 7) is 12.3. The summed E-state index contributed by atoms with van der Waals surface area (Å²) in [5, 5.41) is 3.67. The van der Waals surface area contributed by atoms with Crippen LogP contribution in [0, 0.1) is 0 Å². The molecule has 3 atom stereocenters. The van der Waals surface area contributed by atoms with Crippen LogP contribution in [-0.2, 0) is 6.42 Å². The Balaban J connectivity index is 2.88. The van der Waals surface area contributed by atoms with E-state index in [4.69, 9.17) is 0 Å². The zero-order chi connectivity index (χ0) is 15.8. The predicted molar refractivity (Wildman–Crippen MR) is 93.8 cm³/mol. The molecule has 1 aromatic carbocycles. The van der Waals surface area contributed by atoms with E-state index >= 15 is 0 Å². The molecule has 0 heterocycles. The van der Waals surface area contributed by atoms with E-state index in [-0.39, 0.29) is 0 Å². The third-order valence-electron chi connectivity index (χ3n) is 4.70. The van der Waals surface area contributed by atoms with Gasteiger partial charge in [-0.2, -0.15) is 0 Å². The lowest BCUT2D eigenvalue weighted by molar-refractivity contribution is 0.152. The van der Waals surface area contributed by atoms with Crippen molar-refractivity contribution in [1.29, 1.82) is 0 Å². The van der Waals surface area contributed by atoms with Gasteiger partial charge in [-0.05, 0) is 51.4 Å². The molecule has 0 saturated heterocycles. The topological polar surface area (TPSA) is 15.3 Å². The number of hydrogen-bond donors (Lipinski definition) is 1. The molecule has 0 amide bonds. The maximum atomic E-state index is 3.67. The maximum absolute atomic E-state index is 3.67. The Hall–Kier alpha value is -0.860. The molecule has 0 radical (unpaired) electrons. The predicted octanol–water partition coefficient (Wildman–Crippen LogP) is 4.41. The van der Waals surface area contributed by atoms with Gasteiger partial charge in [0.1, 0.15) is 0 Å². The summed E-state index contributed by atoms with van der Waals surface area (Å²) < 4.78 is 0. The molecule has 0 spiro atoms. The molecular formula is C19H34N2. The summed E-state index contributed by atoms with van der Waals surface area (Å²) in [7, 11) is 2.26. The molecule has 2 nitrogen and oxygen atoms in total. The van der Waals surface area contributed by atoms with Crippen molar-refractivity contribution in [2.45, 2.75) is 72.0 Å². The van der Waals surface area contributed by atoms with E-state index in [0.717, 1.165) is 13.0 Å².